The minimum Gasteiger partial charge on any atom is -0.347 e. The summed E-state index contributed by atoms with van der Waals surface area (Å²) in [5, 5.41) is 0. The van der Waals surface area contributed by atoms with E-state index in [2.05, 4.69) is 4.99 Å². The summed E-state index contributed by atoms with van der Waals surface area (Å²) < 4.78 is 79.2. The van der Waals surface area contributed by atoms with Gasteiger partial charge in [-0.2, -0.15) is 17.5 Å². The van der Waals surface area contributed by atoms with E-state index in [4.69, 9.17) is 9.47 Å². The smallest absolute Gasteiger partial charge is 0.347 e. The molecule has 2 aromatic carbocycles. The second-order valence-electron chi connectivity index (χ2n) is 8.87. The highest BCUT2D eigenvalue weighted by molar-refractivity contribution is 7.89. The van der Waals surface area contributed by atoms with Gasteiger partial charge in [-0.05, 0) is 47.7 Å². The van der Waals surface area contributed by atoms with Crippen LogP contribution in [0.2, 0.25) is 0 Å². The van der Waals surface area contributed by atoms with Gasteiger partial charge in [0.15, 0.2) is 5.79 Å². The Morgan fingerprint density at radius 1 is 1.00 bits per heavy atom. The average Bonchev–Trinajstić information content (AvgIpc) is 3.26. The van der Waals surface area contributed by atoms with E-state index in [1.807, 2.05) is 0 Å². The normalized spacial score (nSPS) is 22.7. The van der Waals surface area contributed by atoms with Crippen LogP contribution in [-0.4, -0.2) is 57.2 Å². The van der Waals surface area contributed by atoms with Gasteiger partial charge in [-0.15, -0.1) is 0 Å². The van der Waals surface area contributed by atoms with Gasteiger partial charge >= 0.3 is 6.18 Å². The number of nitrogens with zero attached hydrogens (tertiary/aromatic N) is 2. The molecule has 182 valence electrons. The van der Waals surface area contributed by atoms with Crippen LogP contribution >= 0.6 is 0 Å². The summed E-state index contributed by atoms with van der Waals surface area (Å²) in [5.74, 6) is -2.21. The number of hydrogen-bond donors (Lipinski definition) is 0. The van der Waals surface area contributed by atoms with Crippen molar-refractivity contribution in [2.45, 2.75) is 48.5 Å². The molecule has 2 aromatic rings. The highest BCUT2D eigenvalue weighted by Crippen LogP contribution is 2.43. The third-order valence-corrected chi connectivity index (χ3v) is 8.61. The average molecular weight is 495 g/mol. The molecule has 3 aliphatic heterocycles. The maximum atomic E-state index is 13.4. The molecule has 0 amide bonds. The molecule has 1 unspecified atom stereocenters. The van der Waals surface area contributed by atoms with Crippen LogP contribution in [0.15, 0.2) is 52.4 Å². The monoisotopic (exact) mass is 494 g/mol. The number of benzene rings is 2. The van der Waals surface area contributed by atoms with Crippen molar-refractivity contribution in [3.63, 3.8) is 0 Å². The number of hydrogen-bond acceptors (Lipinski definition) is 5. The lowest BCUT2D eigenvalue weighted by Crippen LogP contribution is -2.47. The zero-order chi connectivity index (χ0) is 24.0. The van der Waals surface area contributed by atoms with Gasteiger partial charge < -0.3 is 9.47 Å². The Bertz CT molecular complexity index is 1180. The summed E-state index contributed by atoms with van der Waals surface area (Å²) in [6.07, 6.45) is -1.81. The maximum absolute atomic E-state index is 13.4. The summed E-state index contributed by atoms with van der Waals surface area (Å²) in [6.45, 7) is 1.70. The molecule has 5 rings (SSSR count). The summed E-state index contributed by atoms with van der Waals surface area (Å²) >= 11 is 0. The maximum Gasteiger partial charge on any atom is 0.396 e. The third kappa shape index (κ3) is 4.51. The molecule has 0 bridgehead atoms. The Hall–Kier alpha value is -2.27. The van der Waals surface area contributed by atoms with E-state index in [1.54, 1.807) is 42.5 Å². The van der Waals surface area contributed by atoms with Gasteiger partial charge in [0, 0.05) is 32.1 Å². The molecule has 1 spiro atoms. The topological polar surface area (TPSA) is 68.2 Å². The lowest BCUT2D eigenvalue weighted by atomic mass is 9.89. The van der Waals surface area contributed by atoms with Crippen molar-refractivity contribution in [3.05, 3.63) is 59.2 Å². The largest absolute Gasteiger partial charge is 0.396 e. The molecule has 0 radical (unpaired) electrons. The molecule has 3 aliphatic rings. The lowest BCUT2D eigenvalue weighted by molar-refractivity contribution is -0.179. The number of ether oxygens (including phenoxy) is 2. The minimum atomic E-state index is -4.33. The van der Waals surface area contributed by atoms with Crippen LogP contribution < -0.4 is 0 Å². The Kier molecular flexibility index (Phi) is 6.04. The van der Waals surface area contributed by atoms with Crippen LogP contribution in [0.1, 0.15) is 41.9 Å². The van der Waals surface area contributed by atoms with Crippen LogP contribution in [0.4, 0.5) is 18.9 Å². The van der Waals surface area contributed by atoms with Crippen LogP contribution in [-0.2, 0) is 25.9 Å². The molecule has 0 saturated carbocycles. The van der Waals surface area contributed by atoms with E-state index in [1.165, 1.54) is 10.5 Å². The molecule has 2 fully saturated rings. The number of fused-ring (bicyclic) bond motifs is 1. The van der Waals surface area contributed by atoms with Crippen molar-refractivity contribution in [2.75, 3.05) is 26.3 Å². The van der Waals surface area contributed by atoms with Crippen molar-refractivity contribution in [3.8, 4) is 0 Å². The van der Waals surface area contributed by atoms with Crippen LogP contribution in [0, 0.1) is 0 Å². The molecule has 0 N–H and O–H groups in total. The molecule has 10 heteroatoms. The van der Waals surface area contributed by atoms with E-state index >= 15 is 0 Å². The predicted octanol–water partition coefficient (Wildman–Crippen LogP) is 4.56. The fourth-order valence-corrected chi connectivity index (χ4v) is 6.26. The summed E-state index contributed by atoms with van der Waals surface area (Å²) in [7, 11) is -3.65. The van der Waals surface area contributed by atoms with Gasteiger partial charge in [-0.25, -0.2) is 8.42 Å². The second-order valence-corrected chi connectivity index (χ2v) is 10.8. The Balaban J connectivity index is 1.29. The molecule has 2 saturated heterocycles. The van der Waals surface area contributed by atoms with Crippen molar-refractivity contribution in [1.29, 1.82) is 0 Å². The first-order chi connectivity index (χ1) is 16.2. The SMILES string of the molecule is O=S(=O)(c1ccc(Cc2ccc3c(c2)C(C(F)(F)F)CC=N3)cc1)N1CCC2(CC1)OCCO2. The zero-order valence-electron chi connectivity index (χ0n) is 18.4. The van der Waals surface area contributed by atoms with E-state index in [9.17, 15) is 21.6 Å². The third-order valence-electron chi connectivity index (χ3n) is 6.70. The molecule has 1 atom stereocenters. The first kappa shape index (κ1) is 23.5. The van der Waals surface area contributed by atoms with Crippen LogP contribution in [0.25, 0.3) is 0 Å². The first-order valence-electron chi connectivity index (χ1n) is 11.3. The highest BCUT2D eigenvalue weighted by atomic mass is 32.2. The Labute approximate surface area is 196 Å². The molecule has 0 aromatic heterocycles. The molecule has 3 heterocycles. The standard InChI is InChI=1S/C24H25F3N2O4S/c25-24(26,27)21-7-10-28-22-6-3-18(16-20(21)22)15-17-1-4-19(5-2-17)34(30,31)29-11-8-23(9-12-29)32-13-14-33-23/h1-6,10,16,21H,7-9,11-15H2. The van der Waals surface area contributed by atoms with Gasteiger partial charge in [0.1, 0.15) is 0 Å². The molecule has 34 heavy (non-hydrogen) atoms. The fraction of sp³-hybridized carbons (Fsp3) is 0.458. The number of sulfonamides is 1. The summed E-state index contributed by atoms with van der Waals surface area (Å²) in [6, 6.07) is 11.5. The number of aliphatic imine (C=N–C) groups is 1. The highest BCUT2D eigenvalue weighted by Gasteiger charge is 2.43. The summed E-state index contributed by atoms with van der Waals surface area (Å²) in [4.78, 5) is 4.29. The molecular weight excluding hydrogens is 469 g/mol. The summed E-state index contributed by atoms with van der Waals surface area (Å²) in [5.41, 5.74) is 2.06. The van der Waals surface area contributed by atoms with Gasteiger partial charge in [-0.1, -0.05) is 24.3 Å². The predicted molar refractivity (Wildman–Crippen MR) is 120 cm³/mol. The van der Waals surface area contributed by atoms with Gasteiger partial charge in [0.05, 0.1) is 29.7 Å². The number of halogens is 3. The number of rotatable bonds is 4. The molecule has 0 aliphatic carbocycles. The second kappa shape index (κ2) is 8.75. The first-order valence-corrected chi connectivity index (χ1v) is 12.7. The fourth-order valence-electron chi connectivity index (χ4n) is 4.82. The van der Waals surface area contributed by atoms with E-state index in [0.717, 1.165) is 11.1 Å². The Morgan fingerprint density at radius 3 is 2.29 bits per heavy atom. The van der Waals surface area contributed by atoms with Gasteiger partial charge in [0.25, 0.3) is 0 Å². The van der Waals surface area contributed by atoms with Crippen LogP contribution in [0.5, 0.6) is 0 Å². The van der Waals surface area contributed by atoms with Crippen molar-refractivity contribution >= 4 is 21.9 Å². The molecular formula is C24H25F3N2O4S. The Morgan fingerprint density at radius 2 is 1.65 bits per heavy atom. The minimum absolute atomic E-state index is 0.164. The quantitative estimate of drug-likeness (QED) is 0.625. The van der Waals surface area contributed by atoms with E-state index in [-0.39, 0.29) is 16.9 Å². The molecule has 6 nitrogen and oxygen atoms in total. The van der Waals surface area contributed by atoms with Crippen molar-refractivity contribution < 1.29 is 31.1 Å². The van der Waals surface area contributed by atoms with Crippen molar-refractivity contribution in [2.24, 2.45) is 4.99 Å². The number of alkyl halides is 3. The van der Waals surface area contributed by atoms with Gasteiger partial charge in [0.2, 0.25) is 10.0 Å². The van der Waals surface area contributed by atoms with Crippen LogP contribution in [0.3, 0.4) is 0 Å². The van der Waals surface area contributed by atoms with Crippen molar-refractivity contribution in [1.82, 2.24) is 4.31 Å². The lowest BCUT2D eigenvalue weighted by Gasteiger charge is -2.36. The zero-order valence-corrected chi connectivity index (χ0v) is 19.2. The number of piperidine rings is 1. The van der Waals surface area contributed by atoms with Gasteiger partial charge in [-0.3, -0.25) is 4.99 Å². The van der Waals surface area contributed by atoms with E-state index < -0.39 is 27.9 Å². The van der Waals surface area contributed by atoms with E-state index in [0.29, 0.717) is 51.3 Å².